The zero-order valence-corrected chi connectivity index (χ0v) is 12.0. The molecule has 0 aromatic heterocycles. The van der Waals surface area contributed by atoms with Gasteiger partial charge in [-0.3, -0.25) is 4.90 Å². The van der Waals surface area contributed by atoms with Gasteiger partial charge in [-0.1, -0.05) is 11.6 Å². The molecule has 0 aliphatic carbocycles. The van der Waals surface area contributed by atoms with Crippen LogP contribution in [0, 0.1) is 5.82 Å². The van der Waals surface area contributed by atoms with Crippen LogP contribution in [-0.2, 0) is 4.74 Å². The summed E-state index contributed by atoms with van der Waals surface area (Å²) in [6.45, 7) is 5.03. The summed E-state index contributed by atoms with van der Waals surface area (Å²) in [5.41, 5.74) is 11.9. The summed E-state index contributed by atoms with van der Waals surface area (Å²) >= 11 is 5.77. The number of ether oxygens (including phenoxy) is 1. The van der Waals surface area contributed by atoms with Crippen LogP contribution in [0.1, 0.15) is 6.42 Å². The molecule has 7 heteroatoms. The number of nitrogens with two attached hydrogens (primary N) is 2. The molecule has 1 aliphatic rings. The van der Waals surface area contributed by atoms with Crippen LogP contribution in [0.25, 0.3) is 0 Å². The van der Waals surface area contributed by atoms with E-state index in [0.29, 0.717) is 6.54 Å². The van der Waals surface area contributed by atoms with Crippen molar-refractivity contribution < 1.29 is 9.13 Å². The van der Waals surface area contributed by atoms with Crippen LogP contribution in [0.4, 0.5) is 21.5 Å². The highest BCUT2D eigenvalue weighted by Gasteiger charge is 2.14. The molecular formula is C13H20ClFN4O. The van der Waals surface area contributed by atoms with Gasteiger partial charge in [-0.2, -0.15) is 0 Å². The lowest BCUT2D eigenvalue weighted by Gasteiger charge is -2.26. The van der Waals surface area contributed by atoms with Crippen LogP contribution in [0.3, 0.4) is 0 Å². The second-order valence-corrected chi connectivity index (χ2v) is 5.17. The van der Waals surface area contributed by atoms with Crippen LogP contribution in [0.5, 0.6) is 0 Å². The molecule has 1 saturated heterocycles. The molecule has 1 fully saturated rings. The minimum Gasteiger partial charge on any atom is -0.397 e. The molecule has 112 valence electrons. The number of hydrogen-bond acceptors (Lipinski definition) is 5. The van der Waals surface area contributed by atoms with Crippen molar-refractivity contribution in [2.45, 2.75) is 6.42 Å². The van der Waals surface area contributed by atoms with Gasteiger partial charge in [-0.05, 0) is 19.0 Å². The molecule has 1 heterocycles. The Labute approximate surface area is 123 Å². The first kappa shape index (κ1) is 15.2. The predicted molar refractivity (Wildman–Crippen MR) is 80.6 cm³/mol. The van der Waals surface area contributed by atoms with E-state index in [1.54, 1.807) is 0 Å². The summed E-state index contributed by atoms with van der Waals surface area (Å²) in [6.07, 6.45) is 0.890. The van der Waals surface area contributed by atoms with Gasteiger partial charge in [0.25, 0.3) is 0 Å². The number of hydrogen-bond donors (Lipinski definition) is 3. The van der Waals surface area contributed by atoms with E-state index in [2.05, 4.69) is 10.2 Å². The Balaban J connectivity index is 1.83. The van der Waals surface area contributed by atoms with Gasteiger partial charge in [-0.15, -0.1) is 0 Å². The summed E-state index contributed by atoms with van der Waals surface area (Å²) in [5.74, 6) is -0.587. The first-order valence-corrected chi connectivity index (χ1v) is 7.04. The largest absolute Gasteiger partial charge is 0.397 e. The molecule has 5 N–H and O–H groups in total. The summed E-state index contributed by atoms with van der Waals surface area (Å²) in [4.78, 5) is 2.32. The summed E-state index contributed by atoms with van der Waals surface area (Å²) in [7, 11) is 0. The van der Waals surface area contributed by atoms with Crippen LogP contribution in [0.15, 0.2) is 6.07 Å². The van der Waals surface area contributed by atoms with Crippen molar-refractivity contribution in [1.82, 2.24) is 4.90 Å². The van der Waals surface area contributed by atoms with Gasteiger partial charge in [0.15, 0.2) is 5.82 Å². The van der Waals surface area contributed by atoms with Crippen molar-refractivity contribution >= 4 is 28.7 Å². The molecule has 0 radical (unpaired) electrons. The van der Waals surface area contributed by atoms with Crippen molar-refractivity contribution in [3.63, 3.8) is 0 Å². The number of nitrogens with zero attached hydrogens (tertiary/aromatic N) is 1. The molecule has 5 nitrogen and oxygen atoms in total. The molecule has 1 aromatic carbocycles. The quantitative estimate of drug-likeness (QED) is 0.571. The SMILES string of the molecule is Nc1cc(N)c(NCCCN2CCOCC2)c(F)c1Cl. The van der Waals surface area contributed by atoms with E-state index in [1.165, 1.54) is 6.07 Å². The van der Waals surface area contributed by atoms with E-state index in [-0.39, 0.29) is 22.1 Å². The second-order valence-electron chi connectivity index (χ2n) is 4.79. The van der Waals surface area contributed by atoms with Crippen LogP contribution in [-0.4, -0.2) is 44.3 Å². The number of benzene rings is 1. The number of anilines is 3. The highest BCUT2D eigenvalue weighted by molar-refractivity contribution is 6.33. The molecule has 2 rings (SSSR count). The van der Waals surface area contributed by atoms with Gasteiger partial charge in [0.1, 0.15) is 5.02 Å². The Morgan fingerprint density at radius 2 is 2.00 bits per heavy atom. The number of nitrogen functional groups attached to an aromatic ring is 2. The van der Waals surface area contributed by atoms with E-state index >= 15 is 0 Å². The molecule has 0 bridgehead atoms. The molecular weight excluding hydrogens is 283 g/mol. The summed E-state index contributed by atoms with van der Waals surface area (Å²) in [6, 6.07) is 1.47. The number of halogens is 2. The predicted octanol–water partition coefficient (Wildman–Crippen LogP) is 1.78. The van der Waals surface area contributed by atoms with Gasteiger partial charge in [0.2, 0.25) is 0 Å². The van der Waals surface area contributed by atoms with Crippen LogP contribution in [0.2, 0.25) is 5.02 Å². The topological polar surface area (TPSA) is 76.5 Å². The fourth-order valence-electron chi connectivity index (χ4n) is 2.19. The molecule has 20 heavy (non-hydrogen) atoms. The van der Waals surface area contributed by atoms with Crippen molar-refractivity contribution in [2.75, 3.05) is 56.2 Å². The molecule has 1 aliphatic heterocycles. The minimum absolute atomic E-state index is 0.0881. The molecule has 0 spiro atoms. The first-order valence-electron chi connectivity index (χ1n) is 6.66. The smallest absolute Gasteiger partial charge is 0.169 e. The molecule has 0 atom stereocenters. The number of rotatable bonds is 5. The van der Waals surface area contributed by atoms with E-state index in [0.717, 1.165) is 39.3 Å². The van der Waals surface area contributed by atoms with Gasteiger partial charge in [0.05, 0.1) is 30.3 Å². The molecule has 0 unspecified atom stereocenters. The second kappa shape index (κ2) is 6.97. The van der Waals surface area contributed by atoms with Gasteiger partial charge < -0.3 is 21.5 Å². The summed E-state index contributed by atoms with van der Waals surface area (Å²) in [5, 5.41) is 2.90. The average Bonchev–Trinajstić information content (AvgIpc) is 2.45. The summed E-state index contributed by atoms with van der Waals surface area (Å²) < 4.78 is 19.2. The van der Waals surface area contributed by atoms with Crippen molar-refractivity contribution in [3.8, 4) is 0 Å². The lowest BCUT2D eigenvalue weighted by Crippen LogP contribution is -2.37. The fourth-order valence-corrected chi connectivity index (χ4v) is 2.34. The van der Waals surface area contributed by atoms with Crippen molar-refractivity contribution in [1.29, 1.82) is 0 Å². The van der Waals surface area contributed by atoms with Crippen LogP contribution < -0.4 is 16.8 Å². The number of morpholine rings is 1. The Morgan fingerprint density at radius 1 is 1.30 bits per heavy atom. The fraction of sp³-hybridized carbons (Fsp3) is 0.538. The minimum atomic E-state index is -0.587. The Hall–Kier alpha value is -1.24. The Kier molecular flexibility index (Phi) is 5.28. The number of nitrogens with one attached hydrogen (secondary N) is 1. The van der Waals surface area contributed by atoms with E-state index in [4.69, 9.17) is 27.8 Å². The normalized spacial score (nSPS) is 16.3. The molecule has 1 aromatic rings. The average molecular weight is 303 g/mol. The lowest BCUT2D eigenvalue weighted by atomic mass is 10.2. The van der Waals surface area contributed by atoms with Gasteiger partial charge >= 0.3 is 0 Å². The zero-order valence-electron chi connectivity index (χ0n) is 11.3. The third-order valence-electron chi connectivity index (χ3n) is 3.32. The highest BCUT2D eigenvalue weighted by atomic mass is 35.5. The Morgan fingerprint density at radius 3 is 2.70 bits per heavy atom. The highest BCUT2D eigenvalue weighted by Crippen LogP contribution is 2.33. The standard InChI is InChI=1S/C13H20ClFN4O/c14-11-9(16)8-10(17)13(12(11)15)18-2-1-3-19-4-6-20-7-5-19/h8,18H,1-7,16-17H2. The molecule has 0 amide bonds. The van der Waals surface area contributed by atoms with Crippen LogP contribution >= 0.6 is 11.6 Å². The molecule has 0 saturated carbocycles. The van der Waals surface area contributed by atoms with Gasteiger partial charge in [-0.25, -0.2) is 4.39 Å². The monoisotopic (exact) mass is 302 g/mol. The third-order valence-corrected chi connectivity index (χ3v) is 3.71. The van der Waals surface area contributed by atoms with E-state index in [1.807, 2.05) is 0 Å². The third kappa shape index (κ3) is 3.65. The van der Waals surface area contributed by atoms with Crippen molar-refractivity contribution in [3.05, 3.63) is 16.9 Å². The Bertz CT molecular complexity index is 466. The maximum atomic E-state index is 13.9. The van der Waals surface area contributed by atoms with Crippen molar-refractivity contribution in [2.24, 2.45) is 0 Å². The van der Waals surface area contributed by atoms with E-state index < -0.39 is 5.82 Å². The first-order chi connectivity index (χ1) is 9.59. The van der Waals surface area contributed by atoms with Gasteiger partial charge in [0, 0.05) is 19.6 Å². The maximum absolute atomic E-state index is 13.9. The van der Waals surface area contributed by atoms with E-state index in [9.17, 15) is 4.39 Å². The zero-order chi connectivity index (χ0) is 14.5. The lowest BCUT2D eigenvalue weighted by molar-refractivity contribution is 0.0378. The maximum Gasteiger partial charge on any atom is 0.169 e.